The van der Waals surface area contributed by atoms with Gasteiger partial charge in [-0.3, -0.25) is 9.80 Å². The van der Waals surface area contributed by atoms with E-state index in [1.54, 1.807) is 0 Å². The summed E-state index contributed by atoms with van der Waals surface area (Å²) in [5, 5.41) is 0. The zero-order valence-corrected chi connectivity index (χ0v) is 12.4. The smallest absolute Gasteiger partial charge is 0.0594 e. The van der Waals surface area contributed by atoms with Gasteiger partial charge in [0.1, 0.15) is 0 Å². The Kier molecular flexibility index (Phi) is 10.0. The molecule has 0 aliphatic carbocycles. The van der Waals surface area contributed by atoms with Crippen molar-refractivity contribution in [3.63, 3.8) is 0 Å². The van der Waals surface area contributed by atoms with Crippen LogP contribution in [0.5, 0.6) is 0 Å². The molecule has 0 amide bonds. The first-order valence-corrected chi connectivity index (χ1v) is 7.34. The van der Waals surface area contributed by atoms with Crippen molar-refractivity contribution in [1.82, 2.24) is 9.80 Å². The Hall–Kier alpha value is -1.04. The molecule has 4 nitrogen and oxygen atoms in total. The highest BCUT2D eigenvalue weighted by Gasteiger charge is 2.08. The number of hydrogen-bond acceptors (Lipinski definition) is 4. The Balaban J connectivity index is 0.000000200. The molecule has 0 saturated carbocycles. The van der Waals surface area contributed by atoms with Crippen LogP contribution in [-0.2, 0) is 9.47 Å². The molecule has 0 spiro atoms. The van der Waals surface area contributed by atoms with Gasteiger partial charge in [0.2, 0.25) is 0 Å². The summed E-state index contributed by atoms with van der Waals surface area (Å²) >= 11 is 0. The quantitative estimate of drug-likeness (QED) is 0.706. The molecule has 0 radical (unpaired) electrons. The molecule has 2 heterocycles. The molecular formula is C16H26N2O2. The fourth-order valence-corrected chi connectivity index (χ4v) is 2.09. The number of ether oxygens (including phenoxy) is 2. The van der Waals surface area contributed by atoms with Gasteiger partial charge < -0.3 is 9.47 Å². The van der Waals surface area contributed by atoms with Gasteiger partial charge in [0.05, 0.1) is 26.4 Å². The highest BCUT2D eigenvalue weighted by Crippen LogP contribution is 1.97. The van der Waals surface area contributed by atoms with E-state index in [1.165, 1.54) is 0 Å². The van der Waals surface area contributed by atoms with Gasteiger partial charge in [0.25, 0.3) is 0 Å². The lowest BCUT2D eigenvalue weighted by molar-refractivity contribution is 0.0389. The highest BCUT2D eigenvalue weighted by atomic mass is 16.5. The standard InChI is InChI=1S/2C8H13NO/c2*1-2-3-4-9-5-7-10-8-6-9/h2*1H,3-8H2. The van der Waals surface area contributed by atoms with Crippen LogP contribution >= 0.6 is 0 Å². The third-order valence-electron chi connectivity index (χ3n) is 3.35. The fourth-order valence-electron chi connectivity index (χ4n) is 2.09. The monoisotopic (exact) mass is 278 g/mol. The summed E-state index contributed by atoms with van der Waals surface area (Å²) in [5.41, 5.74) is 0. The summed E-state index contributed by atoms with van der Waals surface area (Å²) in [6.07, 6.45) is 12.0. The van der Waals surface area contributed by atoms with E-state index >= 15 is 0 Å². The second kappa shape index (κ2) is 11.8. The molecule has 0 N–H and O–H groups in total. The maximum Gasteiger partial charge on any atom is 0.0594 e. The van der Waals surface area contributed by atoms with Crippen LogP contribution < -0.4 is 0 Å². The normalized spacial score (nSPS) is 20.3. The minimum Gasteiger partial charge on any atom is -0.379 e. The van der Waals surface area contributed by atoms with Crippen molar-refractivity contribution in [2.45, 2.75) is 12.8 Å². The number of rotatable bonds is 4. The Labute approximate surface area is 123 Å². The molecule has 2 fully saturated rings. The molecule has 0 aromatic carbocycles. The molecule has 0 aromatic heterocycles. The van der Waals surface area contributed by atoms with E-state index in [2.05, 4.69) is 21.6 Å². The summed E-state index contributed by atoms with van der Waals surface area (Å²) in [6.45, 7) is 9.69. The first-order valence-electron chi connectivity index (χ1n) is 7.34. The molecule has 4 heteroatoms. The van der Waals surface area contributed by atoms with Crippen molar-refractivity contribution < 1.29 is 9.47 Å². The van der Waals surface area contributed by atoms with E-state index in [0.717, 1.165) is 78.5 Å². The van der Waals surface area contributed by atoms with Gasteiger partial charge in [-0.05, 0) is 0 Å². The van der Waals surface area contributed by atoms with Crippen molar-refractivity contribution >= 4 is 0 Å². The average Bonchev–Trinajstić information content (AvgIpc) is 2.53. The van der Waals surface area contributed by atoms with Crippen molar-refractivity contribution in [1.29, 1.82) is 0 Å². The summed E-state index contributed by atoms with van der Waals surface area (Å²) in [4.78, 5) is 4.67. The zero-order chi connectivity index (χ0) is 14.5. The second-order valence-corrected chi connectivity index (χ2v) is 4.82. The predicted molar refractivity (Wildman–Crippen MR) is 81.4 cm³/mol. The van der Waals surface area contributed by atoms with Crippen LogP contribution in [0.3, 0.4) is 0 Å². The lowest BCUT2D eigenvalue weighted by Crippen LogP contribution is -2.36. The van der Waals surface area contributed by atoms with Gasteiger partial charge in [-0.25, -0.2) is 0 Å². The maximum absolute atomic E-state index is 5.19. The number of morpholine rings is 2. The minimum atomic E-state index is 0.861. The van der Waals surface area contributed by atoms with Crippen LogP contribution in [0.2, 0.25) is 0 Å². The van der Waals surface area contributed by atoms with Crippen LogP contribution in [-0.4, -0.2) is 75.5 Å². The molecule has 2 saturated heterocycles. The van der Waals surface area contributed by atoms with Gasteiger partial charge in [-0.15, -0.1) is 24.7 Å². The van der Waals surface area contributed by atoms with Crippen LogP contribution in [0.1, 0.15) is 12.8 Å². The Bertz CT molecular complexity index is 275. The first-order chi connectivity index (χ1) is 9.86. The van der Waals surface area contributed by atoms with Crippen molar-refractivity contribution in [3.05, 3.63) is 0 Å². The van der Waals surface area contributed by atoms with Gasteiger partial charge in [-0.1, -0.05) is 0 Å². The lowest BCUT2D eigenvalue weighted by atomic mass is 10.3. The molecule has 0 unspecified atom stereocenters. The van der Waals surface area contributed by atoms with Gasteiger partial charge >= 0.3 is 0 Å². The molecule has 0 bridgehead atoms. The minimum absolute atomic E-state index is 0.861. The summed E-state index contributed by atoms with van der Waals surface area (Å²) < 4.78 is 10.4. The Morgan fingerprint density at radius 3 is 1.35 bits per heavy atom. The Morgan fingerprint density at radius 1 is 0.700 bits per heavy atom. The van der Waals surface area contributed by atoms with Crippen molar-refractivity contribution in [2.75, 3.05) is 65.7 Å². The molecule has 2 aliphatic rings. The maximum atomic E-state index is 5.19. The van der Waals surface area contributed by atoms with Crippen molar-refractivity contribution in [2.24, 2.45) is 0 Å². The molecule has 20 heavy (non-hydrogen) atoms. The zero-order valence-electron chi connectivity index (χ0n) is 12.4. The average molecular weight is 278 g/mol. The fraction of sp³-hybridized carbons (Fsp3) is 0.750. The molecular weight excluding hydrogens is 252 g/mol. The van der Waals surface area contributed by atoms with Gasteiger partial charge in [-0.2, -0.15) is 0 Å². The molecule has 2 rings (SSSR count). The number of terminal acetylenes is 2. The summed E-state index contributed by atoms with van der Waals surface area (Å²) in [5.74, 6) is 5.27. The third-order valence-corrected chi connectivity index (χ3v) is 3.35. The van der Waals surface area contributed by atoms with E-state index in [4.69, 9.17) is 22.3 Å². The third kappa shape index (κ3) is 8.19. The molecule has 2 aliphatic heterocycles. The van der Waals surface area contributed by atoms with E-state index < -0.39 is 0 Å². The Morgan fingerprint density at radius 2 is 1.05 bits per heavy atom. The van der Waals surface area contributed by atoms with Crippen LogP contribution in [0.4, 0.5) is 0 Å². The van der Waals surface area contributed by atoms with Crippen LogP contribution in [0.15, 0.2) is 0 Å². The number of nitrogens with zero attached hydrogens (tertiary/aromatic N) is 2. The topological polar surface area (TPSA) is 24.9 Å². The summed E-state index contributed by atoms with van der Waals surface area (Å²) in [7, 11) is 0. The van der Waals surface area contributed by atoms with Crippen LogP contribution in [0, 0.1) is 24.7 Å². The van der Waals surface area contributed by atoms with Gasteiger partial charge in [0.15, 0.2) is 0 Å². The number of hydrogen-bond donors (Lipinski definition) is 0. The van der Waals surface area contributed by atoms with Gasteiger partial charge in [0, 0.05) is 52.1 Å². The van der Waals surface area contributed by atoms with E-state index in [0.29, 0.717) is 0 Å². The van der Waals surface area contributed by atoms with E-state index in [9.17, 15) is 0 Å². The van der Waals surface area contributed by atoms with E-state index in [-0.39, 0.29) is 0 Å². The predicted octanol–water partition coefficient (Wildman–Crippen LogP) is 0.684. The highest BCUT2D eigenvalue weighted by molar-refractivity contribution is 4.85. The molecule has 112 valence electrons. The lowest BCUT2D eigenvalue weighted by Gasteiger charge is -2.25. The van der Waals surface area contributed by atoms with Crippen LogP contribution in [0.25, 0.3) is 0 Å². The molecule has 0 aromatic rings. The second-order valence-electron chi connectivity index (χ2n) is 4.82. The first kappa shape index (κ1) is 17.0. The summed E-state index contributed by atoms with van der Waals surface area (Å²) in [6, 6.07) is 0. The SMILES string of the molecule is C#CCCN1CCOCC1.C#CCCN1CCOCC1. The largest absolute Gasteiger partial charge is 0.379 e. The molecule has 0 atom stereocenters. The van der Waals surface area contributed by atoms with E-state index in [1.807, 2.05) is 0 Å². The van der Waals surface area contributed by atoms with Crippen molar-refractivity contribution in [3.8, 4) is 24.7 Å².